The molecular formula is C30H26N4O7. The lowest BCUT2D eigenvalue weighted by Crippen LogP contribution is -2.34. The third kappa shape index (κ3) is 6.03. The van der Waals surface area contributed by atoms with Crippen LogP contribution in [0, 0.1) is 26.1 Å². The highest BCUT2D eigenvalue weighted by molar-refractivity contribution is 6.08. The summed E-state index contributed by atoms with van der Waals surface area (Å²) in [5, 5.41) is 28.5. The van der Waals surface area contributed by atoms with E-state index in [2.05, 4.69) is 6.08 Å². The minimum absolute atomic E-state index is 0.0245. The second-order valence-corrected chi connectivity index (χ2v) is 9.82. The second-order valence-electron chi connectivity index (χ2n) is 9.82. The lowest BCUT2D eigenvalue weighted by atomic mass is 9.77. The highest BCUT2D eigenvalue weighted by atomic mass is 16.6. The summed E-state index contributed by atoms with van der Waals surface area (Å²) >= 11 is 0. The fourth-order valence-electron chi connectivity index (χ4n) is 5.34. The van der Waals surface area contributed by atoms with Gasteiger partial charge in [0, 0.05) is 17.5 Å². The number of nitrogens with zero attached hydrogens (tertiary/aromatic N) is 4. The molecule has 3 aromatic rings. The number of benzene rings is 3. The average Bonchev–Trinajstić information content (AvgIpc) is 3.38. The van der Waals surface area contributed by atoms with Crippen molar-refractivity contribution in [3.63, 3.8) is 0 Å². The van der Waals surface area contributed by atoms with Crippen LogP contribution in [0.4, 0.5) is 11.4 Å². The van der Waals surface area contributed by atoms with Crippen LogP contribution in [0.25, 0.3) is 6.08 Å². The van der Waals surface area contributed by atoms with E-state index in [4.69, 9.17) is 9.84 Å². The lowest BCUT2D eigenvalue weighted by molar-refractivity contribution is -0.394. The highest BCUT2D eigenvalue weighted by Crippen LogP contribution is 2.44. The van der Waals surface area contributed by atoms with Gasteiger partial charge in [0.05, 0.1) is 34.1 Å². The summed E-state index contributed by atoms with van der Waals surface area (Å²) in [5.41, 5.74) is 2.77. The van der Waals surface area contributed by atoms with E-state index in [1.54, 1.807) is 0 Å². The molecule has 11 heteroatoms. The van der Waals surface area contributed by atoms with Gasteiger partial charge in [0.2, 0.25) is 0 Å². The molecule has 0 saturated heterocycles. The number of nitro groups is 2. The molecular weight excluding hydrogens is 528 g/mol. The van der Waals surface area contributed by atoms with Gasteiger partial charge in [0.25, 0.3) is 17.3 Å². The van der Waals surface area contributed by atoms with E-state index >= 15 is 0 Å². The summed E-state index contributed by atoms with van der Waals surface area (Å²) in [6, 6.07) is 22.1. The zero-order valence-electron chi connectivity index (χ0n) is 21.9. The molecule has 1 aliphatic carbocycles. The smallest absolute Gasteiger partial charge is 0.311 e. The van der Waals surface area contributed by atoms with Crippen molar-refractivity contribution < 1.29 is 24.2 Å². The maximum atomic E-state index is 13.4. The molecule has 0 bridgehead atoms. The number of carbonyl (C=O) groups is 2. The Bertz CT molecular complexity index is 1550. The van der Waals surface area contributed by atoms with Crippen LogP contribution in [0.3, 0.4) is 0 Å². The van der Waals surface area contributed by atoms with Crippen molar-refractivity contribution in [2.24, 2.45) is 11.0 Å². The van der Waals surface area contributed by atoms with E-state index in [0.29, 0.717) is 0 Å². The number of esters is 1. The normalized spacial score (nSPS) is 18.9. The topological polar surface area (TPSA) is 145 Å². The van der Waals surface area contributed by atoms with E-state index < -0.39 is 46.1 Å². The van der Waals surface area contributed by atoms with E-state index in [0.717, 1.165) is 59.9 Å². The fourth-order valence-corrected chi connectivity index (χ4v) is 5.34. The molecule has 1 fully saturated rings. The van der Waals surface area contributed by atoms with Crippen molar-refractivity contribution in [3.8, 4) is 0 Å². The summed E-state index contributed by atoms with van der Waals surface area (Å²) in [5.74, 6) is -1.42. The van der Waals surface area contributed by atoms with Crippen LogP contribution in [0.1, 0.15) is 42.0 Å². The summed E-state index contributed by atoms with van der Waals surface area (Å²) < 4.78 is 5.22. The van der Waals surface area contributed by atoms with Gasteiger partial charge in [0.1, 0.15) is 0 Å². The zero-order chi connectivity index (χ0) is 28.9. The van der Waals surface area contributed by atoms with Gasteiger partial charge in [0.15, 0.2) is 6.61 Å². The van der Waals surface area contributed by atoms with Gasteiger partial charge in [-0.15, -0.1) is 0 Å². The molecule has 11 nitrogen and oxygen atoms in total. The average molecular weight is 555 g/mol. The number of ether oxygens (including phenoxy) is 1. The number of hydrogen-bond acceptors (Lipinski definition) is 8. The molecule has 208 valence electrons. The van der Waals surface area contributed by atoms with Crippen LogP contribution in [0.15, 0.2) is 89.5 Å². The Morgan fingerprint density at radius 1 is 0.976 bits per heavy atom. The molecule has 0 radical (unpaired) electrons. The number of rotatable bonds is 8. The maximum absolute atomic E-state index is 13.4. The molecule has 1 amide bonds. The third-order valence-electron chi connectivity index (χ3n) is 7.21. The fraction of sp³-hybridized carbons (Fsp3) is 0.233. The summed E-state index contributed by atoms with van der Waals surface area (Å²) in [6.07, 6.45) is 4.19. The van der Waals surface area contributed by atoms with Gasteiger partial charge < -0.3 is 4.74 Å². The van der Waals surface area contributed by atoms with Crippen LogP contribution in [0.5, 0.6) is 0 Å². The van der Waals surface area contributed by atoms with Crippen LogP contribution in [0.2, 0.25) is 0 Å². The van der Waals surface area contributed by atoms with E-state index in [1.165, 1.54) is 5.01 Å². The Balaban J connectivity index is 1.35. The number of hydrogen-bond donors (Lipinski definition) is 0. The Labute approximate surface area is 235 Å². The predicted octanol–water partition coefficient (Wildman–Crippen LogP) is 5.41. The molecule has 1 aliphatic heterocycles. The minimum atomic E-state index is -0.875. The number of non-ortho nitro benzene ring substituents is 1. The van der Waals surface area contributed by atoms with Crippen LogP contribution in [-0.2, 0) is 20.7 Å². The van der Waals surface area contributed by atoms with Crippen molar-refractivity contribution in [2.75, 3.05) is 6.61 Å². The first kappa shape index (κ1) is 27.4. The molecule has 0 N–H and O–H groups in total. The molecule has 5 rings (SSSR count). The Morgan fingerprint density at radius 2 is 1.68 bits per heavy atom. The zero-order valence-corrected chi connectivity index (χ0v) is 21.9. The lowest BCUT2D eigenvalue weighted by Gasteiger charge is -2.29. The number of carbonyl (C=O) groups excluding carboxylic acids is 2. The first-order valence-electron chi connectivity index (χ1n) is 13.1. The number of allylic oxidation sites excluding steroid dienone is 1. The van der Waals surface area contributed by atoms with Gasteiger partial charge in [-0.2, -0.15) is 5.10 Å². The van der Waals surface area contributed by atoms with Gasteiger partial charge in [-0.3, -0.25) is 29.8 Å². The summed E-state index contributed by atoms with van der Waals surface area (Å²) in [6.45, 7) is -0.607. The first-order chi connectivity index (χ1) is 19.8. The number of nitro benzene ring substituents is 2. The molecule has 0 aromatic heterocycles. The highest BCUT2D eigenvalue weighted by Gasteiger charge is 2.43. The molecule has 41 heavy (non-hydrogen) atoms. The molecule has 1 saturated carbocycles. The van der Waals surface area contributed by atoms with Crippen molar-refractivity contribution in [1.82, 2.24) is 5.01 Å². The number of fused-ring (bicyclic) bond motifs is 1. The molecule has 3 aromatic carbocycles. The standard InChI is InChI=1S/C30H26N4O7/c35-27(19-41-28(36)17-22-14-15-24(33(37)38)18-26(22)34(39)40)32-30(21-10-5-2-6-11-21)25-13-7-12-23(29(25)31-32)16-20-8-3-1-4-9-20/h1-6,8-11,14-16,18,25,30H,7,12-13,17,19H2. The van der Waals surface area contributed by atoms with Gasteiger partial charge in [-0.05, 0) is 48.1 Å². The van der Waals surface area contributed by atoms with Gasteiger partial charge >= 0.3 is 5.97 Å². The van der Waals surface area contributed by atoms with Crippen molar-refractivity contribution >= 4 is 35.0 Å². The minimum Gasteiger partial charge on any atom is -0.455 e. The summed E-state index contributed by atoms with van der Waals surface area (Å²) in [7, 11) is 0. The van der Waals surface area contributed by atoms with Gasteiger partial charge in [-0.1, -0.05) is 60.7 Å². The third-order valence-corrected chi connectivity index (χ3v) is 7.21. The maximum Gasteiger partial charge on any atom is 0.311 e. The monoisotopic (exact) mass is 554 g/mol. The second kappa shape index (κ2) is 11.9. The van der Waals surface area contributed by atoms with Gasteiger partial charge in [-0.25, -0.2) is 5.01 Å². The van der Waals surface area contributed by atoms with Crippen LogP contribution < -0.4 is 0 Å². The van der Waals surface area contributed by atoms with Crippen molar-refractivity contribution in [2.45, 2.75) is 31.7 Å². The van der Waals surface area contributed by atoms with E-state index in [1.807, 2.05) is 60.7 Å². The summed E-state index contributed by atoms with van der Waals surface area (Å²) in [4.78, 5) is 46.8. The Morgan fingerprint density at radius 3 is 2.37 bits per heavy atom. The Hall–Kier alpha value is -5.19. The van der Waals surface area contributed by atoms with Crippen LogP contribution in [-0.4, -0.2) is 39.1 Å². The molecule has 2 aliphatic rings. The number of hydrazone groups is 1. The first-order valence-corrected chi connectivity index (χ1v) is 13.1. The van der Waals surface area contributed by atoms with Crippen molar-refractivity contribution in [1.29, 1.82) is 0 Å². The molecule has 0 spiro atoms. The van der Waals surface area contributed by atoms with E-state index in [9.17, 15) is 29.8 Å². The SMILES string of the molecule is O=C(Cc1ccc([N+](=O)[O-])cc1[N+](=O)[O-])OCC(=O)N1N=C2C(=Cc3ccccc3)CCCC2C1c1ccccc1. The predicted molar refractivity (Wildman–Crippen MR) is 150 cm³/mol. The Kier molecular flexibility index (Phi) is 7.95. The largest absolute Gasteiger partial charge is 0.455 e. The van der Waals surface area contributed by atoms with Crippen LogP contribution >= 0.6 is 0 Å². The van der Waals surface area contributed by atoms with Crippen molar-refractivity contribution in [3.05, 3.63) is 121 Å². The molecule has 1 heterocycles. The quantitative estimate of drug-likeness (QED) is 0.205. The molecule has 2 atom stereocenters. The number of amides is 1. The van der Waals surface area contributed by atoms with E-state index in [-0.39, 0.29) is 17.5 Å². The molecule has 2 unspecified atom stereocenters.